The first-order valence-corrected chi connectivity index (χ1v) is 7.23. The van der Waals surface area contributed by atoms with Crippen molar-refractivity contribution in [1.82, 2.24) is 5.32 Å². The highest BCUT2D eigenvalue weighted by atomic mass is 79.9. The number of alkyl halides is 3. The van der Waals surface area contributed by atoms with Gasteiger partial charge in [0.1, 0.15) is 0 Å². The molecule has 2 rings (SSSR count). The number of halogens is 4. The van der Waals surface area contributed by atoms with Crippen molar-refractivity contribution in [3.63, 3.8) is 0 Å². The van der Waals surface area contributed by atoms with Crippen molar-refractivity contribution in [2.75, 3.05) is 7.05 Å². The molecule has 5 heteroatoms. The summed E-state index contributed by atoms with van der Waals surface area (Å²) < 4.78 is 38.8. The Hall–Kier alpha value is -1.33. The van der Waals surface area contributed by atoms with Gasteiger partial charge < -0.3 is 5.32 Å². The van der Waals surface area contributed by atoms with Crippen LogP contribution in [0.3, 0.4) is 0 Å². The fraction of sp³-hybridized carbons (Fsp3) is 0.250. The minimum atomic E-state index is -4.31. The second-order valence-corrected chi connectivity index (χ2v) is 5.61. The molecule has 0 heterocycles. The molecule has 112 valence electrons. The van der Waals surface area contributed by atoms with Crippen molar-refractivity contribution in [2.45, 2.75) is 19.1 Å². The molecule has 0 aliphatic carbocycles. The van der Waals surface area contributed by atoms with Crippen molar-refractivity contribution in [3.8, 4) is 0 Å². The summed E-state index contributed by atoms with van der Waals surface area (Å²) in [6.45, 7) is 1.98. The Morgan fingerprint density at radius 3 is 2.19 bits per heavy atom. The molecular formula is C16H15BrF3N. The van der Waals surface area contributed by atoms with Crippen molar-refractivity contribution >= 4 is 15.9 Å². The molecule has 0 saturated carbocycles. The molecule has 2 aromatic rings. The summed E-state index contributed by atoms with van der Waals surface area (Å²) in [5, 5.41) is 3.15. The van der Waals surface area contributed by atoms with Gasteiger partial charge in [0.05, 0.1) is 11.6 Å². The lowest BCUT2D eigenvalue weighted by Crippen LogP contribution is -2.18. The highest BCUT2D eigenvalue weighted by molar-refractivity contribution is 9.10. The third-order valence-corrected chi connectivity index (χ3v) is 4.48. The molecule has 1 N–H and O–H groups in total. The summed E-state index contributed by atoms with van der Waals surface area (Å²) in [6, 6.07) is 11.0. The van der Waals surface area contributed by atoms with Crippen LogP contribution in [0, 0.1) is 6.92 Å². The summed E-state index contributed by atoms with van der Waals surface area (Å²) in [5.74, 6) is 0. The van der Waals surface area contributed by atoms with E-state index in [1.54, 1.807) is 7.05 Å². The van der Waals surface area contributed by atoms with Crippen molar-refractivity contribution in [1.29, 1.82) is 0 Å². The maximum atomic E-state index is 12.6. The number of hydrogen-bond acceptors (Lipinski definition) is 1. The van der Waals surface area contributed by atoms with Crippen LogP contribution in [-0.2, 0) is 6.18 Å². The van der Waals surface area contributed by atoms with E-state index in [1.165, 1.54) is 12.1 Å². The third kappa shape index (κ3) is 3.47. The van der Waals surface area contributed by atoms with E-state index in [0.29, 0.717) is 0 Å². The molecule has 1 atom stereocenters. The second kappa shape index (κ2) is 6.20. The van der Waals surface area contributed by atoms with E-state index in [1.807, 2.05) is 25.1 Å². The highest BCUT2D eigenvalue weighted by Gasteiger charge is 2.30. The zero-order valence-corrected chi connectivity index (χ0v) is 13.2. The summed E-state index contributed by atoms with van der Waals surface area (Å²) >= 11 is 3.55. The molecule has 0 spiro atoms. The van der Waals surface area contributed by atoms with E-state index in [4.69, 9.17) is 0 Å². The van der Waals surface area contributed by atoms with Crippen LogP contribution in [0.4, 0.5) is 13.2 Å². The zero-order chi connectivity index (χ0) is 15.6. The third-order valence-electron chi connectivity index (χ3n) is 3.39. The van der Waals surface area contributed by atoms with Gasteiger partial charge in [0.25, 0.3) is 0 Å². The van der Waals surface area contributed by atoms with Gasteiger partial charge in [-0.2, -0.15) is 13.2 Å². The Morgan fingerprint density at radius 2 is 1.67 bits per heavy atom. The molecule has 0 bridgehead atoms. The highest BCUT2D eigenvalue weighted by Crippen LogP contribution is 2.33. The van der Waals surface area contributed by atoms with Crippen LogP contribution in [0.5, 0.6) is 0 Å². The smallest absolute Gasteiger partial charge is 0.309 e. The van der Waals surface area contributed by atoms with Gasteiger partial charge in [0.2, 0.25) is 0 Å². The maximum Gasteiger partial charge on any atom is 0.416 e. The molecular weight excluding hydrogens is 343 g/mol. The number of hydrogen-bond donors (Lipinski definition) is 1. The first-order valence-electron chi connectivity index (χ1n) is 6.44. The predicted molar refractivity (Wildman–Crippen MR) is 81.2 cm³/mol. The van der Waals surface area contributed by atoms with Crippen LogP contribution in [0.2, 0.25) is 0 Å². The minimum Gasteiger partial charge on any atom is -0.309 e. The number of benzene rings is 2. The van der Waals surface area contributed by atoms with Crippen LogP contribution >= 0.6 is 15.9 Å². The van der Waals surface area contributed by atoms with Gasteiger partial charge in [0, 0.05) is 4.47 Å². The molecule has 0 saturated heterocycles. The predicted octanol–water partition coefficient (Wildman–Crippen LogP) is 5.09. The van der Waals surface area contributed by atoms with E-state index in [9.17, 15) is 13.2 Å². The lowest BCUT2D eigenvalue weighted by molar-refractivity contribution is -0.137. The molecule has 0 fully saturated rings. The fourth-order valence-corrected chi connectivity index (χ4v) is 2.75. The lowest BCUT2D eigenvalue weighted by Gasteiger charge is -2.20. The van der Waals surface area contributed by atoms with Crippen LogP contribution in [-0.4, -0.2) is 7.05 Å². The quantitative estimate of drug-likeness (QED) is 0.806. The van der Waals surface area contributed by atoms with Gasteiger partial charge in [0.15, 0.2) is 0 Å². The van der Waals surface area contributed by atoms with Crippen LogP contribution in [0.15, 0.2) is 46.9 Å². The maximum absolute atomic E-state index is 12.6. The standard InChI is InChI=1S/C16H15BrF3N/c1-10-4-3-5-13(14(10)17)15(21-2)11-6-8-12(9-7-11)16(18,19)20/h3-9,15,21H,1-2H3. The average Bonchev–Trinajstić information content (AvgIpc) is 2.44. The Bertz CT molecular complexity index is 620. The van der Waals surface area contributed by atoms with E-state index >= 15 is 0 Å². The van der Waals surface area contributed by atoms with Crippen molar-refractivity contribution in [2.24, 2.45) is 0 Å². The first-order chi connectivity index (χ1) is 9.84. The summed E-state index contributed by atoms with van der Waals surface area (Å²) in [4.78, 5) is 0. The largest absolute Gasteiger partial charge is 0.416 e. The van der Waals surface area contributed by atoms with Gasteiger partial charge in [-0.1, -0.05) is 46.3 Å². The van der Waals surface area contributed by atoms with Gasteiger partial charge in [-0.05, 0) is 42.8 Å². The normalized spacial score (nSPS) is 13.2. The monoisotopic (exact) mass is 357 g/mol. The molecule has 21 heavy (non-hydrogen) atoms. The topological polar surface area (TPSA) is 12.0 Å². The molecule has 1 nitrogen and oxygen atoms in total. The molecule has 2 aromatic carbocycles. The SMILES string of the molecule is CNC(c1ccc(C(F)(F)F)cc1)c1cccc(C)c1Br. The Balaban J connectivity index is 2.40. The molecule has 0 aliphatic rings. The zero-order valence-electron chi connectivity index (χ0n) is 11.6. The van der Waals surface area contributed by atoms with E-state index < -0.39 is 11.7 Å². The van der Waals surface area contributed by atoms with E-state index in [-0.39, 0.29) is 6.04 Å². The van der Waals surface area contributed by atoms with Gasteiger partial charge in [-0.3, -0.25) is 0 Å². The first kappa shape index (κ1) is 16.0. The number of nitrogens with one attached hydrogen (secondary N) is 1. The summed E-state index contributed by atoms with van der Waals surface area (Å²) in [5.41, 5.74) is 2.23. The molecule has 0 aliphatic heterocycles. The van der Waals surface area contributed by atoms with E-state index in [2.05, 4.69) is 21.2 Å². The fourth-order valence-electron chi connectivity index (χ4n) is 2.26. The van der Waals surface area contributed by atoms with Gasteiger partial charge in [-0.25, -0.2) is 0 Å². The molecule has 1 unspecified atom stereocenters. The summed E-state index contributed by atoms with van der Waals surface area (Å²) in [6.07, 6.45) is -4.31. The van der Waals surface area contributed by atoms with Crippen molar-refractivity contribution < 1.29 is 13.2 Å². The number of rotatable bonds is 3. The lowest BCUT2D eigenvalue weighted by atomic mass is 9.96. The molecule has 0 amide bonds. The van der Waals surface area contributed by atoms with E-state index in [0.717, 1.165) is 33.3 Å². The molecule has 0 aromatic heterocycles. The van der Waals surface area contributed by atoms with Crippen LogP contribution in [0.1, 0.15) is 28.3 Å². The van der Waals surface area contributed by atoms with Crippen LogP contribution < -0.4 is 5.32 Å². The van der Waals surface area contributed by atoms with Crippen molar-refractivity contribution in [3.05, 3.63) is 69.2 Å². The minimum absolute atomic E-state index is 0.165. The summed E-state index contributed by atoms with van der Waals surface area (Å²) in [7, 11) is 1.79. The van der Waals surface area contributed by atoms with Crippen LogP contribution in [0.25, 0.3) is 0 Å². The second-order valence-electron chi connectivity index (χ2n) is 4.82. The number of aryl methyl sites for hydroxylation is 1. The molecule has 0 radical (unpaired) electrons. The Kier molecular flexibility index (Phi) is 4.74. The average molecular weight is 358 g/mol. The van der Waals surface area contributed by atoms with Gasteiger partial charge in [-0.15, -0.1) is 0 Å². The van der Waals surface area contributed by atoms with Gasteiger partial charge >= 0.3 is 6.18 Å². The Labute approximate surface area is 130 Å². The Morgan fingerprint density at radius 1 is 1.05 bits per heavy atom.